The third-order valence-corrected chi connectivity index (χ3v) is 1.92. The molecule has 0 aliphatic heterocycles. The summed E-state index contributed by atoms with van der Waals surface area (Å²) in [5, 5.41) is 0. The van der Waals surface area contributed by atoms with Crippen LogP contribution in [0.5, 0.6) is 0 Å². The Balaban J connectivity index is 4.21. The number of unbranched alkanes of at least 4 members (excludes halogenated alkanes) is 1. The van der Waals surface area contributed by atoms with Gasteiger partial charge in [-0.1, -0.05) is 26.0 Å². The Kier molecular flexibility index (Phi) is 10.4. The monoisotopic (exact) mass is 272 g/mol. The van der Waals surface area contributed by atoms with Crippen LogP contribution in [0.1, 0.15) is 19.8 Å². The van der Waals surface area contributed by atoms with Gasteiger partial charge < -0.3 is 9.47 Å². The van der Waals surface area contributed by atoms with Gasteiger partial charge in [0.05, 0.1) is 6.61 Å². The topological polar surface area (TPSA) is 71.1 Å². The average molecular weight is 272 g/mol. The Bertz CT molecular complexity index is 300. The van der Waals surface area contributed by atoms with Crippen LogP contribution in [0.4, 0.5) is 0 Å². The molecule has 0 aliphatic rings. The molecule has 6 heteroatoms. The second-order valence-electron chi connectivity index (χ2n) is 3.51. The highest BCUT2D eigenvalue weighted by Crippen LogP contribution is 2.01. The van der Waals surface area contributed by atoms with E-state index >= 15 is 0 Å². The molecule has 0 saturated heterocycles. The molecule has 0 aromatic rings. The first-order chi connectivity index (χ1) is 9.15. The smallest absolute Gasteiger partial charge is 0.350 e. The Hall–Kier alpha value is -1.66. The molecule has 0 saturated carbocycles. The van der Waals surface area contributed by atoms with E-state index in [2.05, 4.69) is 18.0 Å². The largest absolute Gasteiger partial charge is 0.463 e. The maximum atomic E-state index is 11.6. The summed E-state index contributed by atoms with van der Waals surface area (Å²) in [7, 11) is 0. The maximum Gasteiger partial charge on any atom is 0.350 e. The standard InChI is InChI=1S/C13H20O6/c1-4-7-9-16-13(15)11(19-12(14)6-3)10-18-17-8-5-2/h5-6,11H,2-4,7-10H2,1H3. The van der Waals surface area contributed by atoms with Gasteiger partial charge in [-0.15, -0.1) is 6.58 Å². The predicted molar refractivity (Wildman–Crippen MR) is 68.0 cm³/mol. The number of hydrogen-bond acceptors (Lipinski definition) is 6. The molecule has 6 nitrogen and oxygen atoms in total. The van der Waals surface area contributed by atoms with E-state index in [-0.39, 0.29) is 19.8 Å². The quantitative estimate of drug-likeness (QED) is 0.142. The summed E-state index contributed by atoms with van der Waals surface area (Å²) in [6.07, 6.45) is 2.89. The van der Waals surface area contributed by atoms with Crippen molar-refractivity contribution in [3.8, 4) is 0 Å². The third-order valence-electron chi connectivity index (χ3n) is 1.92. The SMILES string of the molecule is C=CCOOCC(OC(=O)C=C)C(=O)OCCCC. The molecule has 0 bridgehead atoms. The van der Waals surface area contributed by atoms with Gasteiger partial charge in [0.1, 0.15) is 13.2 Å². The molecule has 0 fully saturated rings. The van der Waals surface area contributed by atoms with Crippen LogP contribution in [0.15, 0.2) is 25.3 Å². The van der Waals surface area contributed by atoms with Gasteiger partial charge in [0, 0.05) is 6.08 Å². The Morgan fingerprint density at radius 3 is 2.58 bits per heavy atom. The lowest BCUT2D eigenvalue weighted by Crippen LogP contribution is -2.33. The van der Waals surface area contributed by atoms with Gasteiger partial charge in [-0.2, -0.15) is 0 Å². The van der Waals surface area contributed by atoms with Gasteiger partial charge in [-0.05, 0) is 6.42 Å². The number of carbonyl (C=O) groups is 2. The molecule has 0 radical (unpaired) electrons. The van der Waals surface area contributed by atoms with E-state index in [0.29, 0.717) is 0 Å². The van der Waals surface area contributed by atoms with Crippen molar-refractivity contribution in [2.75, 3.05) is 19.8 Å². The van der Waals surface area contributed by atoms with Crippen molar-refractivity contribution in [1.29, 1.82) is 0 Å². The van der Waals surface area contributed by atoms with Crippen molar-refractivity contribution < 1.29 is 28.8 Å². The molecule has 0 aromatic carbocycles. The highest BCUT2D eigenvalue weighted by Gasteiger charge is 2.24. The van der Waals surface area contributed by atoms with Crippen LogP contribution >= 0.6 is 0 Å². The van der Waals surface area contributed by atoms with E-state index < -0.39 is 18.0 Å². The molecule has 108 valence electrons. The fraction of sp³-hybridized carbons (Fsp3) is 0.538. The zero-order valence-corrected chi connectivity index (χ0v) is 11.1. The van der Waals surface area contributed by atoms with E-state index in [9.17, 15) is 9.59 Å². The first-order valence-electron chi connectivity index (χ1n) is 6.00. The second-order valence-corrected chi connectivity index (χ2v) is 3.51. The van der Waals surface area contributed by atoms with E-state index in [0.717, 1.165) is 18.9 Å². The highest BCUT2D eigenvalue weighted by molar-refractivity contribution is 5.85. The van der Waals surface area contributed by atoms with E-state index in [1.54, 1.807) is 0 Å². The lowest BCUT2D eigenvalue weighted by Gasteiger charge is -2.15. The van der Waals surface area contributed by atoms with E-state index in [4.69, 9.17) is 14.4 Å². The molecule has 0 amide bonds. The van der Waals surface area contributed by atoms with Crippen LogP contribution in [0, 0.1) is 0 Å². The van der Waals surface area contributed by atoms with Gasteiger partial charge in [0.15, 0.2) is 0 Å². The number of carbonyl (C=O) groups excluding carboxylic acids is 2. The molecular formula is C13H20O6. The van der Waals surface area contributed by atoms with Gasteiger partial charge in [0.25, 0.3) is 0 Å². The Morgan fingerprint density at radius 2 is 2.00 bits per heavy atom. The fourth-order valence-corrected chi connectivity index (χ4v) is 0.955. The normalized spacial score (nSPS) is 11.4. The van der Waals surface area contributed by atoms with Crippen molar-refractivity contribution in [1.82, 2.24) is 0 Å². The molecular weight excluding hydrogens is 252 g/mol. The van der Waals surface area contributed by atoms with Crippen LogP contribution in [-0.4, -0.2) is 37.9 Å². The van der Waals surface area contributed by atoms with Crippen molar-refractivity contribution >= 4 is 11.9 Å². The zero-order chi connectivity index (χ0) is 14.5. The summed E-state index contributed by atoms with van der Waals surface area (Å²) in [4.78, 5) is 32.1. The van der Waals surface area contributed by atoms with Crippen LogP contribution < -0.4 is 0 Å². The molecule has 0 N–H and O–H groups in total. The number of hydrogen-bond donors (Lipinski definition) is 0. The summed E-state index contributed by atoms with van der Waals surface area (Å²) >= 11 is 0. The van der Waals surface area contributed by atoms with Gasteiger partial charge in [0.2, 0.25) is 6.10 Å². The first-order valence-corrected chi connectivity index (χ1v) is 6.00. The zero-order valence-electron chi connectivity index (χ0n) is 11.1. The molecule has 0 aromatic heterocycles. The predicted octanol–water partition coefficient (Wildman–Crippen LogP) is 1.56. The number of ether oxygens (including phenoxy) is 2. The van der Waals surface area contributed by atoms with E-state index in [1.165, 1.54) is 6.08 Å². The van der Waals surface area contributed by atoms with Crippen molar-refractivity contribution in [2.24, 2.45) is 0 Å². The van der Waals surface area contributed by atoms with Crippen molar-refractivity contribution in [3.05, 3.63) is 25.3 Å². The maximum absolute atomic E-state index is 11.6. The molecule has 1 atom stereocenters. The van der Waals surface area contributed by atoms with Crippen LogP contribution in [-0.2, 0) is 28.8 Å². The van der Waals surface area contributed by atoms with Crippen molar-refractivity contribution in [3.63, 3.8) is 0 Å². The first kappa shape index (κ1) is 17.3. The van der Waals surface area contributed by atoms with Crippen LogP contribution in [0.2, 0.25) is 0 Å². The Labute approximate surface area is 112 Å². The molecule has 19 heavy (non-hydrogen) atoms. The van der Waals surface area contributed by atoms with Crippen LogP contribution in [0.3, 0.4) is 0 Å². The molecule has 0 aliphatic carbocycles. The minimum atomic E-state index is -1.17. The van der Waals surface area contributed by atoms with Crippen molar-refractivity contribution in [2.45, 2.75) is 25.9 Å². The summed E-state index contributed by atoms with van der Waals surface area (Å²) in [5.41, 5.74) is 0. The Morgan fingerprint density at radius 1 is 1.26 bits per heavy atom. The summed E-state index contributed by atoms with van der Waals surface area (Å²) in [5.74, 6) is -1.41. The highest BCUT2D eigenvalue weighted by atomic mass is 17.2. The lowest BCUT2D eigenvalue weighted by molar-refractivity contribution is -0.297. The molecule has 0 heterocycles. The second kappa shape index (κ2) is 11.4. The molecule has 0 spiro atoms. The fourth-order valence-electron chi connectivity index (χ4n) is 0.955. The lowest BCUT2D eigenvalue weighted by atomic mass is 10.3. The third kappa shape index (κ3) is 8.98. The van der Waals surface area contributed by atoms with Gasteiger partial charge in [-0.25, -0.2) is 19.4 Å². The number of rotatable bonds is 11. The molecule has 0 rings (SSSR count). The summed E-state index contributed by atoms with van der Waals surface area (Å²) < 4.78 is 9.75. The summed E-state index contributed by atoms with van der Waals surface area (Å²) in [6.45, 7) is 8.82. The minimum Gasteiger partial charge on any atom is -0.463 e. The van der Waals surface area contributed by atoms with Crippen LogP contribution in [0.25, 0.3) is 0 Å². The van der Waals surface area contributed by atoms with Gasteiger partial charge in [-0.3, -0.25) is 0 Å². The van der Waals surface area contributed by atoms with E-state index in [1.807, 2.05) is 6.92 Å². The minimum absolute atomic E-state index is 0.160. The number of esters is 2. The average Bonchev–Trinajstić information content (AvgIpc) is 2.42. The molecule has 1 unspecified atom stereocenters. The van der Waals surface area contributed by atoms with Gasteiger partial charge >= 0.3 is 11.9 Å². The summed E-state index contributed by atoms with van der Waals surface area (Å²) in [6, 6.07) is 0.